The van der Waals surface area contributed by atoms with Gasteiger partial charge in [0.05, 0.1) is 4.88 Å². The Balaban J connectivity index is 1.74. The van der Waals surface area contributed by atoms with Gasteiger partial charge in [0.2, 0.25) is 0 Å². The minimum Gasteiger partial charge on any atom is -0.396 e. The molecule has 0 fully saturated rings. The lowest BCUT2D eigenvalue weighted by Crippen LogP contribution is -2.28. The van der Waals surface area contributed by atoms with E-state index in [1.54, 1.807) is 0 Å². The van der Waals surface area contributed by atoms with Gasteiger partial charge in [-0.1, -0.05) is 48.5 Å². The number of rotatable bonds is 6. The average molecular weight is 339 g/mol. The predicted molar refractivity (Wildman–Crippen MR) is 99.8 cm³/mol. The lowest BCUT2D eigenvalue weighted by molar-refractivity contribution is 0.0953. The maximum atomic E-state index is 12.6. The highest BCUT2D eigenvalue weighted by atomic mass is 32.1. The molecule has 0 aliphatic heterocycles. The van der Waals surface area contributed by atoms with Crippen LogP contribution in [0.15, 0.2) is 54.6 Å². The van der Waals surface area contributed by atoms with Crippen LogP contribution in [-0.4, -0.2) is 24.2 Å². The molecule has 0 aliphatic rings. The van der Waals surface area contributed by atoms with Crippen molar-refractivity contribution in [1.29, 1.82) is 0 Å². The van der Waals surface area contributed by atoms with Crippen molar-refractivity contribution >= 4 is 27.3 Å². The quantitative estimate of drug-likeness (QED) is 0.710. The number of aliphatic hydroxyl groups is 1. The molecule has 3 rings (SSSR count). The summed E-state index contributed by atoms with van der Waals surface area (Å²) in [5.74, 6) is 0.0856. The molecule has 4 heteroatoms. The van der Waals surface area contributed by atoms with Gasteiger partial charge in [-0.3, -0.25) is 4.79 Å². The molecule has 1 amide bonds. The van der Waals surface area contributed by atoms with E-state index in [-0.39, 0.29) is 18.4 Å². The summed E-state index contributed by atoms with van der Waals surface area (Å²) < 4.78 is 1.13. The van der Waals surface area contributed by atoms with E-state index in [0.717, 1.165) is 26.1 Å². The first-order valence-corrected chi connectivity index (χ1v) is 8.94. The molecular formula is C20H21NO2S. The molecular weight excluding hydrogens is 318 g/mol. The van der Waals surface area contributed by atoms with E-state index < -0.39 is 0 Å². The molecule has 3 aromatic rings. The van der Waals surface area contributed by atoms with Gasteiger partial charge in [-0.2, -0.15) is 0 Å². The molecule has 0 radical (unpaired) electrons. The van der Waals surface area contributed by atoms with Gasteiger partial charge in [-0.15, -0.1) is 11.3 Å². The maximum absolute atomic E-state index is 12.6. The fourth-order valence-corrected chi connectivity index (χ4v) is 4.08. The average Bonchev–Trinajstić information content (AvgIpc) is 2.96. The van der Waals surface area contributed by atoms with Crippen LogP contribution >= 0.6 is 11.3 Å². The van der Waals surface area contributed by atoms with Gasteiger partial charge in [0.15, 0.2) is 0 Å². The van der Waals surface area contributed by atoms with E-state index in [0.29, 0.717) is 13.0 Å². The van der Waals surface area contributed by atoms with E-state index in [2.05, 4.69) is 11.4 Å². The largest absolute Gasteiger partial charge is 0.396 e. The van der Waals surface area contributed by atoms with Gasteiger partial charge < -0.3 is 10.4 Å². The van der Waals surface area contributed by atoms with Crippen LogP contribution in [-0.2, 0) is 0 Å². The van der Waals surface area contributed by atoms with Crippen LogP contribution in [0, 0.1) is 6.92 Å². The topological polar surface area (TPSA) is 49.3 Å². The summed E-state index contributed by atoms with van der Waals surface area (Å²) in [5, 5.41) is 13.5. The smallest absolute Gasteiger partial charge is 0.261 e. The Bertz CT molecular complexity index is 826. The summed E-state index contributed by atoms with van der Waals surface area (Å²) in [5.41, 5.74) is 2.17. The Morgan fingerprint density at radius 3 is 2.54 bits per heavy atom. The highest BCUT2D eigenvalue weighted by Gasteiger charge is 2.17. The van der Waals surface area contributed by atoms with Crippen LogP contribution in [0.25, 0.3) is 10.1 Å². The van der Waals surface area contributed by atoms with Crippen molar-refractivity contribution in [1.82, 2.24) is 5.32 Å². The first-order chi connectivity index (χ1) is 11.7. The second-order valence-corrected chi connectivity index (χ2v) is 6.93. The number of thiophene rings is 1. The number of carbonyl (C=O) groups excluding carboxylic acids is 1. The number of nitrogens with one attached hydrogen (secondary N) is 1. The van der Waals surface area contributed by atoms with Gasteiger partial charge >= 0.3 is 0 Å². The predicted octanol–water partition coefficient (Wildman–Crippen LogP) is 4.11. The lowest BCUT2D eigenvalue weighted by Gasteiger charge is -2.17. The summed E-state index contributed by atoms with van der Waals surface area (Å²) in [4.78, 5) is 13.4. The highest BCUT2D eigenvalue weighted by Crippen LogP contribution is 2.30. The Kier molecular flexibility index (Phi) is 5.28. The molecule has 2 aromatic carbocycles. The van der Waals surface area contributed by atoms with Crippen molar-refractivity contribution in [3.8, 4) is 0 Å². The van der Waals surface area contributed by atoms with Gasteiger partial charge in [0.1, 0.15) is 0 Å². The third-order valence-electron chi connectivity index (χ3n) is 4.31. The van der Waals surface area contributed by atoms with Crippen molar-refractivity contribution < 1.29 is 9.90 Å². The molecule has 124 valence electrons. The minimum absolute atomic E-state index is 0.0347. The van der Waals surface area contributed by atoms with Crippen molar-refractivity contribution in [2.45, 2.75) is 19.3 Å². The number of fused-ring (bicyclic) bond motifs is 1. The van der Waals surface area contributed by atoms with Crippen LogP contribution in [0.3, 0.4) is 0 Å². The standard InChI is InChI=1S/C20H21NO2S/c1-14-17-9-5-6-10-18(17)24-19(14)20(23)21-13-16(11-12-22)15-7-3-2-4-8-15/h2-10,16,22H,11-13H2,1H3,(H,21,23). The van der Waals surface area contributed by atoms with Crippen molar-refractivity contribution in [2.75, 3.05) is 13.2 Å². The zero-order valence-electron chi connectivity index (χ0n) is 13.7. The summed E-state index contributed by atoms with van der Waals surface area (Å²) >= 11 is 1.53. The van der Waals surface area contributed by atoms with Crippen LogP contribution in [0.1, 0.15) is 33.1 Å². The van der Waals surface area contributed by atoms with Crippen LogP contribution < -0.4 is 5.32 Å². The fraction of sp³-hybridized carbons (Fsp3) is 0.250. The molecule has 2 N–H and O–H groups in total. The number of carbonyl (C=O) groups is 1. The normalized spacial score (nSPS) is 12.2. The Morgan fingerprint density at radius 1 is 1.12 bits per heavy atom. The van der Waals surface area contributed by atoms with E-state index in [9.17, 15) is 9.90 Å². The summed E-state index contributed by atoms with van der Waals surface area (Å²) in [6.07, 6.45) is 0.635. The molecule has 0 aliphatic carbocycles. The minimum atomic E-state index is -0.0347. The second kappa shape index (κ2) is 7.60. The maximum Gasteiger partial charge on any atom is 0.261 e. The Hall–Kier alpha value is -2.17. The molecule has 1 atom stereocenters. The first-order valence-electron chi connectivity index (χ1n) is 8.13. The monoisotopic (exact) mass is 339 g/mol. The molecule has 24 heavy (non-hydrogen) atoms. The zero-order chi connectivity index (χ0) is 16.9. The zero-order valence-corrected chi connectivity index (χ0v) is 14.5. The fourth-order valence-electron chi connectivity index (χ4n) is 2.95. The van der Waals surface area contributed by atoms with Crippen molar-refractivity contribution in [2.24, 2.45) is 0 Å². The third-order valence-corrected chi connectivity index (χ3v) is 5.58. The van der Waals surface area contributed by atoms with E-state index in [1.165, 1.54) is 11.3 Å². The number of amides is 1. The van der Waals surface area contributed by atoms with Crippen molar-refractivity contribution in [3.05, 3.63) is 70.6 Å². The van der Waals surface area contributed by atoms with Crippen LogP contribution in [0.2, 0.25) is 0 Å². The molecule has 0 bridgehead atoms. The van der Waals surface area contributed by atoms with Crippen LogP contribution in [0.5, 0.6) is 0 Å². The Morgan fingerprint density at radius 2 is 1.83 bits per heavy atom. The highest BCUT2D eigenvalue weighted by molar-refractivity contribution is 7.21. The molecule has 0 saturated heterocycles. The van der Waals surface area contributed by atoms with E-state index in [4.69, 9.17) is 0 Å². The molecule has 3 nitrogen and oxygen atoms in total. The van der Waals surface area contributed by atoms with Gasteiger partial charge in [-0.25, -0.2) is 0 Å². The van der Waals surface area contributed by atoms with Crippen molar-refractivity contribution in [3.63, 3.8) is 0 Å². The van der Waals surface area contributed by atoms with Gasteiger partial charge in [-0.05, 0) is 35.9 Å². The SMILES string of the molecule is Cc1c(C(=O)NCC(CCO)c2ccccc2)sc2ccccc12. The Labute approximate surface area is 146 Å². The molecule has 1 unspecified atom stereocenters. The van der Waals surface area contributed by atoms with Gasteiger partial charge in [0, 0.05) is 23.8 Å². The van der Waals surface area contributed by atoms with E-state index >= 15 is 0 Å². The number of hydrogen-bond donors (Lipinski definition) is 2. The molecule has 1 heterocycles. The summed E-state index contributed by atoms with van der Waals surface area (Å²) in [6, 6.07) is 18.1. The second-order valence-electron chi connectivity index (χ2n) is 5.88. The summed E-state index contributed by atoms with van der Waals surface area (Å²) in [6.45, 7) is 2.63. The van der Waals surface area contributed by atoms with E-state index in [1.807, 2.05) is 55.5 Å². The summed E-state index contributed by atoms with van der Waals surface area (Å²) in [7, 11) is 0. The third kappa shape index (κ3) is 3.50. The molecule has 0 saturated carbocycles. The first kappa shape index (κ1) is 16.7. The molecule has 0 spiro atoms. The number of aliphatic hydroxyl groups excluding tert-OH is 1. The van der Waals surface area contributed by atoms with Gasteiger partial charge in [0.25, 0.3) is 5.91 Å². The number of aryl methyl sites for hydroxylation is 1. The lowest BCUT2D eigenvalue weighted by atomic mass is 9.96. The number of benzene rings is 2. The number of hydrogen-bond acceptors (Lipinski definition) is 3. The molecule has 1 aromatic heterocycles. The van der Waals surface area contributed by atoms with Crippen LogP contribution in [0.4, 0.5) is 0 Å².